The molecule has 0 saturated carbocycles. The van der Waals surface area contributed by atoms with Crippen molar-refractivity contribution in [2.24, 2.45) is 0 Å². The number of para-hydroxylation sites is 3. The average Bonchev–Trinajstić information content (AvgIpc) is 3.78. The van der Waals surface area contributed by atoms with Crippen molar-refractivity contribution < 1.29 is 0 Å². The minimum atomic E-state index is -2.87. The highest BCUT2D eigenvalue weighted by Crippen LogP contribution is 2.36. The number of aromatic nitrogens is 3. The summed E-state index contributed by atoms with van der Waals surface area (Å²) in [6.45, 7) is 0. The molecule has 0 amide bonds. The minimum Gasteiger partial charge on any atom is -0.277 e. The minimum absolute atomic E-state index is 0.913. The first-order chi connectivity index (χ1) is 26.3. The Morgan fingerprint density at radius 1 is 0.321 bits per heavy atom. The second kappa shape index (κ2) is 11.6. The van der Waals surface area contributed by atoms with Crippen LogP contribution in [0.25, 0.3) is 65.7 Å². The Balaban J connectivity index is 1.40. The highest BCUT2D eigenvalue weighted by molar-refractivity contribution is 7.20. The Morgan fingerprint density at radius 2 is 0.736 bits per heavy atom. The highest BCUT2D eigenvalue weighted by atomic mass is 28.3. The van der Waals surface area contributed by atoms with Crippen LogP contribution in [0.1, 0.15) is 0 Å². The number of fused-ring (bicyclic) bond motifs is 12. The van der Waals surface area contributed by atoms with Gasteiger partial charge < -0.3 is 0 Å². The molecule has 11 aromatic rings. The maximum absolute atomic E-state index is 5.81. The molecule has 0 atom stereocenters. The molecular formula is C49H33N3Si. The third kappa shape index (κ3) is 4.18. The van der Waals surface area contributed by atoms with E-state index in [9.17, 15) is 0 Å². The summed E-state index contributed by atoms with van der Waals surface area (Å²) in [5.41, 5.74) is 5.57. The quantitative estimate of drug-likeness (QED) is 0.133. The van der Waals surface area contributed by atoms with Crippen LogP contribution in [-0.4, -0.2) is 21.9 Å². The van der Waals surface area contributed by atoms with Crippen LogP contribution in [0.4, 0.5) is 0 Å². The van der Waals surface area contributed by atoms with Crippen LogP contribution in [0.15, 0.2) is 200 Å². The van der Waals surface area contributed by atoms with Gasteiger partial charge >= 0.3 is 0 Å². The molecule has 3 heterocycles. The van der Waals surface area contributed by atoms with E-state index >= 15 is 0 Å². The summed E-state index contributed by atoms with van der Waals surface area (Å²) < 4.78 is 4.84. The number of hydrogen-bond donors (Lipinski definition) is 0. The molecule has 11 rings (SSSR count). The summed E-state index contributed by atoms with van der Waals surface area (Å²) in [6, 6.07) is 73.5. The predicted octanol–water partition coefficient (Wildman–Crippen LogP) is 9.29. The Kier molecular flexibility index (Phi) is 6.57. The van der Waals surface area contributed by atoms with Crippen LogP contribution in [-0.2, 0) is 0 Å². The van der Waals surface area contributed by atoms with Gasteiger partial charge in [0.2, 0.25) is 5.78 Å². The van der Waals surface area contributed by atoms with Crippen LogP contribution in [0.5, 0.6) is 0 Å². The molecular weight excluding hydrogens is 659 g/mol. The molecule has 0 unspecified atom stereocenters. The van der Waals surface area contributed by atoms with E-state index in [1.54, 1.807) is 0 Å². The Bertz CT molecular complexity index is 3120. The van der Waals surface area contributed by atoms with E-state index in [4.69, 9.17) is 4.98 Å². The van der Waals surface area contributed by atoms with Crippen LogP contribution in [0.2, 0.25) is 0 Å². The Hall–Kier alpha value is -6.75. The molecule has 0 spiro atoms. The first-order valence-electron chi connectivity index (χ1n) is 18.2. The first kappa shape index (κ1) is 29.9. The van der Waals surface area contributed by atoms with Crippen LogP contribution in [0.3, 0.4) is 0 Å². The van der Waals surface area contributed by atoms with E-state index in [0.29, 0.717) is 0 Å². The molecule has 4 heteroatoms. The molecule has 0 bridgehead atoms. The van der Waals surface area contributed by atoms with Gasteiger partial charge in [0.05, 0.1) is 27.6 Å². The van der Waals surface area contributed by atoms with E-state index in [2.05, 4.69) is 209 Å². The first-order valence-corrected chi connectivity index (χ1v) is 20.2. The highest BCUT2D eigenvalue weighted by Gasteiger charge is 2.43. The van der Waals surface area contributed by atoms with Crippen molar-refractivity contribution in [3.05, 3.63) is 200 Å². The SMILES string of the molecule is c1ccc([Si](c2ccccc2)(c2ccccc2)c2cccc3c2nc2n3c3cccc4c5ccccc5c5ccccc5c5ccccc5n2c43)cc1. The van der Waals surface area contributed by atoms with E-state index in [1.165, 1.54) is 53.1 Å². The van der Waals surface area contributed by atoms with Gasteiger partial charge in [-0.2, -0.15) is 0 Å². The van der Waals surface area contributed by atoms with E-state index in [1.807, 2.05) is 0 Å². The lowest BCUT2D eigenvalue weighted by Crippen LogP contribution is -2.74. The summed E-state index contributed by atoms with van der Waals surface area (Å²) in [5.74, 6) is 0.913. The maximum Gasteiger partial charge on any atom is 0.220 e. The van der Waals surface area contributed by atoms with Crippen LogP contribution >= 0.6 is 0 Å². The van der Waals surface area contributed by atoms with Crippen molar-refractivity contribution in [3.8, 4) is 0 Å². The molecule has 0 fully saturated rings. The van der Waals surface area contributed by atoms with E-state index in [0.717, 1.165) is 33.4 Å². The van der Waals surface area contributed by atoms with Crippen molar-refractivity contribution >= 4 is 94.5 Å². The molecule has 0 aliphatic rings. The molecule has 0 radical (unpaired) electrons. The van der Waals surface area contributed by atoms with Crippen LogP contribution in [0, 0.1) is 0 Å². The van der Waals surface area contributed by atoms with Gasteiger partial charge in [0.1, 0.15) is 0 Å². The lowest BCUT2D eigenvalue weighted by molar-refractivity contribution is 1.21. The van der Waals surface area contributed by atoms with Gasteiger partial charge in [0.15, 0.2) is 8.07 Å². The standard InChI is InChI=1S/C49H33N3Si/c1-4-18-34(19-5-1)53(35-20-6-2-7-21-35,36-22-8-3-9-23-36)46-33-17-31-44-47(46)50-49-51(44)45-32-16-29-42-40-27-13-11-25-38(40)37-24-10-12-26-39(37)41-28-14-15-30-43(41)52(49)48(42)45/h1-33H. The molecule has 3 aromatic heterocycles. The fourth-order valence-electron chi connectivity index (χ4n) is 9.10. The van der Waals surface area contributed by atoms with Gasteiger partial charge in [-0.25, -0.2) is 4.98 Å². The molecule has 0 aliphatic carbocycles. The van der Waals surface area contributed by atoms with E-state index < -0.39 is 8.07 Å². The van der Waals surface area contributed by atoms with Crippen molar-refractivity contribution in [2.75, 3.05) is 0 Å². The second-order valence-corrected chi connectivity index (χ2v) is 17.7. The van der Waals surface area contributed by atoms with Crippen molar-refractivity contribution in [1.29, 1.82) is 0 Å². The summed E-state index contributed by atoms with van der Waals surface area (Å²) in [5, 5.41) is 12.6. The van der Waals surface area contributed by atoms with Gasteiger partial charge in [-0.15, -0.1) is 0 Å². The molecule has 0 aliphatic heterocycles. The summed E-state index contributed by atoms with van der Waals surface area (Å²) in [6.07, 6.45) is 0. The Labute approximate surface area is 307 Å². The normalized spacial score (nSPS) is 12.2. The zero-order chi connectivity index (χ0) is 34.9. The largest absolute Gasteiger partial charge is 0.277 e. The number of hydrogen-bond acceptors (Lipinski definition) is 1. The third-order valence-electron chi connectivity index (χ3n) is 11.2. The molecule has 3 nitrogen and oxygen atoms in total. The van der Waals surface area contributed by atoms with Gasteiger partial charge in [-0.05, 0) is 60.5 Å². The van der Waals surface area contributed by atoms with Crippen molar-refractivity contribution in [2.45, 2.75) is 0 Å². The van der Waals surface area contributed by atoms with Crippen molar-refractivity contribution in [1.82, 2.24) is 13.8 Å². The Morgan fingerprint density at radius 3 is 1.32 bits per heavy atom. The maximum atomic E-state index is 5.81. The zero-order valence-electron chi connectivity index (χ0n) is 28.9. The number of nitrogens with zero attached hydrogens (tertiary/aromatic N) is 3. The average molecular weight is 692 g/mol. The van der Waals surface area contributed by atoms with Gasteiger partial charge in [-0.1, -0.05) is 182 Å². The second-order valence-electron chi connectivity index (χ2n) is 13.9. The fraction of sp³-hybridized carbons (Fsp3) is 0. The molecule has 0 saturated heterocycles. The van der Waals surface area contributed by atoms with E-state index in [-0.39, 0.29) is 0 Å². The summed E-state index contributed by atoms with van der Waals surface area (Å²) in [7, 11) is -2.87. The number of benzene rings is 8. The summed E-state index contributed by atoms with van der Waals surface area (Å²) in [4.78, 5) is 5.81. The summed E-state index contributed by atoms with van der Waals surface area (Å²) >= 11 is 0. The van der Waals surface area contributed by atoms with Crippen LogP contribution < -0.4 is 20.7 Å². The third-order valence-corrected chi connectivity index (χ3v) is 16.1. The number of imidazole rings is 2. The molecule has 8 aromatic carbocycles. The molecule has 248 valence electrons. The smallest absolute Gasteiger partial charge is 0.220 e. The van der Waals surface area contributed by atoms with Crippen molar-refractivity contribution in [3.63, 3.8) is 0 Å². The number of rotatable bonds is 4. The fourth-order valence-corrected chi connectivity index (χ4v) is 14.0. The monoisotopic (exact) mass is 691 g/mol. The zero-order valence-corrected chi connectivity index (χ0v) is 29.9. The van der Waals surface area contributed by atoms with Gasteiger partial charge in [-0.3, -0.25) is 8.80 Å². The molecule has 53 heavy (non-hydrogen) atoms. The lowest BCUT2D eigenvalue weighted by atomic mass is 10.0. The predicted molar refractivity (Wildman–Crippen MR) is 226 cm³/mol. The van der Waals surface area contributed by atoms with Gasteiger partial charge in [0.25, 0.3) is 0 Å². The molecule has 0 N–H and O–H groups in total. The lowest BCUT2D eigenvalue weighted by Gasteiger charge is -2.34. The topological polar surface area (TPSA) is 21.7 Å². The van der Waals surface area contributed by atoms with Gasteiger partial charge in [0, 0.05) is 10.8 Å².